The van der Waals surface area contributed by atoms with Crippen LogP contribution in [0.15, 0.2) is 131 Å². The van der Waals surface area contributed by atoms with E-state index in [1.54, 1.807) is 24.6 Å². The van der Waals surface area contributed by atoms with E-state index in [0.717, 1.165) is 32.9 Å². The summed E-state index contributed by atoms with van der Waals surface area (Å²) in [6.07, 6.45) is 3.46. The maximum atomic E-state index is 10.4. The molecule has 0 spiro atoms. The van der Waals surface area contributed by atoms with Crippen LogP contribution in [0.4, 0.5) is 11.4 Å². The monoisotopic (exact) mass is 598 g/mol. The molecular weight excluding hydrogens is 570 g/mol. The number of fused-ring (bicyclic) bond motifs is 2. The van der Waals surface area contributed by atoms with Crippen molar-refractivity contribution in [1.29, 1.82) is 0 Å². The van der Waals surface area contributed by atoms with Gasteiger partial charge in [-0.2, -0.15) is 0 Å². The Balaban J connectivity index is 0.00000353. The standard InChI is InChI=1S/C37H30N2O2.Zn/c1-37(2,27-13-17-29(18-14-27)38-23-33-31-9-5-3-7-25(31)11-21-35(33)40)28-15-19-30(20-16-28)39-24-34-32-10-6-4-8-26(32)12-22-36(34)41;/h3-24,40-41H,1-2H3;. The smallest absolute Gasteiger partial charge is 0.124 e. The van der Waals surface area contributed by atoms with E-state index in [9.17, 15) is 10.2 Å². The van der Waals surface area contributed by atoms with Gasteiger partial charge in [-0.15, -0.1) is 0 Å². The van der Waals surface area contributed by atoms with Gasteiger partial charge in [-0.05, 0) is 69.1 Å². The average molecular weight is 600 g/mol. The first-order chi connectivity index (χ1) is 19.9. The molecule has 5 heteroatoms. The van der Waals surface area contributed by atoms with E-state index < -0.39 is 0 Å². The van der Waals surface area contributed by atoms with Gasteiger partial charge < -0.3 is 10.2 Å². The fraction of sp³-hybridized carbons (Fsp3) is 0.0811. The number of aromatic hydroxyl groups is 2. The van der Waals surface area contributed by atoms with Crippen molar-refractivity contribution in [3.05, 3.63) is 144 Å². The molecule has 0 aliphatic heterocycles. The Morgan fingerprint density at radius 2 is 0.881 bits per heavy atom. The molecule has 0 atom stereocenters. The van der Waals surface area contributed by atoms with Gasteiger partial charge in [0.05, 0.1) is 11.4 Å². The Bertz CT molecular complexity index is 1780. The Morgan fingerprint density at radius 1 is 0.500 bits per heavy atom. The van der Waals surface area contributed by atoms with Crippen molar-refractivity contribution in [2.75, 3.05) is 0 Å². The van der Waals surface area contributed by atoms with Crippen LogP contribution in [-0.4, -0.2) is 22.6 Å². The second kappa shape index (κ2) is 12.1. The molecule has 2 N–H and O–H groups in total. The van der Waals surface area contributed by atoms with Crippen LogP contribution in [0.5, 0.6) is 11.5 Å². The summed E-state index contributed by atoms with van der Waals surface area (Å²) in [5.74, 6) is 0.429. The minimum Gasteiger partial charge on any atom is -0.507 e. The van der Waals surface area contributed by atoms with Gasteiger partial charge in [-0.25, -0.2) is 0 Å². The molecular formula is C37H30N2O2Zn. The Labute approximate surface area is 258 Å². The van der Waals surface area contributed by atoms with Crippen LogP contribution < -0.4 is 0 Å². The van der Waals surface area contributed by atoms with Crippen molar-refractivity contribution in [3.63, 3.8) is 0 Å². The van der Waals surface area contributed by atoms with E-state index >= 15 is 0 Å². The maximum Gasteiger partial charge on any atom is 0.124 e. The summed E-state index contributed by atoms with van der Waals surface area (Å²) in [5, 5.41) is 24.9. The molecule has 42 heavy (non-hydrogen) atoms. The molecule has 0 bridgehead atoms. The zero-order valence-corrected chi connectivity index (χ0v) is 26.7. The molecule has 0 aliphatic carbocycles. The number of phenolic OH excluding ortho intramolecular Hbond substituents is 2. The molecule has 202 valence electrons. The largest absolute Gasteiger partial charge is 0.507 e. The minimum absolute atomic E-state index is 0. The van der Waals surface area contributed by atoms with Crippen molar-refractivity contribution >= 4 is 45.3 Å². The molecule has 0 fully saturated rings. The van der Waals surface area contributed by atoms with E-state index in [-0.39, 0.29) is 36.4 Å². The first-order valence-electron chi connectivity index (χ1n) is 13.6. The molecule has 0 amide bonds. The van der Waals surface area contributed by atoms with Gasteiger partial charge in [-0.1, -0.05) is 98.8 Å². The summed E-state index contributed by atoms with van der Waals surface area (Å²) >= 11 is 0. The molecule has 0 aromatic heterocycles. The molecule has 6 aromatic rings. The van der Waals surface area contributed by atoms with E-state index in [0.29, 0.717) is 11.1 Å². The average Bonchev–Trinajstić information content (AvgIpc) is 3.00. The molecule has 0 saturated carbocycles. The van der Waals surface area contributed by atoms with Crippen LogP contribution in [-0.2, 0) is 24.9 Å². The maximum absolute atomic E-state index is 10.4. The van der Waals surface area contributed by atoms with E-state index in [2.05, 4.69) is 48.1 Å². The van der Waals surface area contributed by atoms with Gasteiger partial charge in [0.2, 0.25) is 0 Å². The second-order valence-corrected chi connectivity index (χ2v) is 10.7. The zero-order chi connectivity index (χ0) is 28.4. The van der Waals surface area contributed by atoms with Crippen LogP contribution in [0, 0.1) is 0 Å². The Morgan fingerprint density at radius 3 is 1.29 bits per heavy atom. The predicted octanol–water partition coefficient (Wildman–Crippen LogP) is 9.23. The fourth-order valence-electron chi connectivity index (χ4n) is 5.21. The van der Waals surface area contributed by atoms with Crippen molar-refractivity contribution < 1.29 is 29.7 Å². The number of nitrogens with zero attached hydrogens (tertiary/aromatic N) is 2. The number of phenols is 2. The molecule has 4 nitrogen and oxygen atoms in total. The normalized spacial score (nSPS) is 11.9. The van der Waals surface area contributed by atoms with Crippen molar-refractivity contribution in [2.45, 2.75) is 19.3 Å². The third-order valence-corrected chi connectivity index (χ3v) is 7.76. The third kappa shape index (κ3) is 5.75. The number of hydrogen-bond acceptors (Lipinski definition) is 4. The van der Waals surface area contributed by atoms with Crippen LogP contribution >= 0.6 is 0 Å². The summed E-state index contributed by atoms with van der Waals surface area (Å²) in [6.45, 7) is 4.40. The quantitative estimate of drug-likeness (QED) is 0.148. The predicted molar refractivity (Wildman–Crippen MR) is 171 cm³/mol. The molecule has 0 aliphatic rings. The summed E-state index contributed by atoms with van der Waals surface area (Å²) < 4.78 is 0. The first-order valence-corrected chi connectivity index (χ1v) is 13.6. The van der Waals surface area contributed by atoms with Gasteiger partial charge in [0.15, 0.2) is 0 Å². The van der Waals surface area contributed by atoms with E-state index in [4.69, 9.17) is 0 Å². The van der Waals surface area contributed by atoms with E-state index in [1.165, 1.54) is 11.1 Å². The number of rotatable bonds is 6. The van der Waals surface area contributed by atoms with Crippen LogP contribution in [0.25, 0.3) is 21.5 Å². The van der Waals surface area contributed by atoms with Gasteiger partial charge in [0.1, 0.15) is 11.5 Å². The summed E-state index contributed by atoms with van der Waals surface area (Å²) in [6, 6.07) is 39.6. The van der Waals surface area contributed by atoms with Crippen molar-refractivity contribution in [1.82, 2.24) is 0 Å². The van der Waals surface area contributed by atoms with Gasteiger partial charge in [0, 0.05) is 48.4 Å². The van der Waals surface area contributed by atoms with Crippen LogP contribution in [0.1, 0.15) is 36.1 Å². The molecule has 0 saturated heterocycles. The van der Waals surface area contributed by atoms with Crippen LogP contribution in [0.3, 0.4) is 0 Å². The van der Waals surface area contributed by atoms with Crippen molar-refractivity contribution in [3.8, 4) is 11.5 Å². The van der Waals surface area contributed by atoms with Gasteiger partial charge in [0.25, 0.3) is 0 Å². The zero-order valence-electron chi connectivity index (χ0n) is 23.7. The molecule has 6 rings (SSSR count). The second-order valence-electron chi connectivity index (χ2n) is 10.7. The van der Waals surface area contributed by atoms with Gasteiger partial charge in [-0.3, -0.25) is 9.98 Å². The van der Waals surface area contributed by atoms with Crippen LogP contribution in [0.2, 0.25) is 0 Å². The van der Waals surface area contributed by atoms with Gasteiger partial charge >= 0.3 is 0 Å². The summed E-state index contributed by atoms with van der Waals surface area (Å²) in [7, 11) is 0. The minimum atomic E-state index is -0.230. The Kier molecular flexibility index (Phi) is 8.33. The molecule has 0 unspecified atom stereocenters. The Hall–Kier alpha value is -4.60. The first kappa shape index (κ1) is 28.9. The molecule has 0 radical (unpaired) electrons. The number of hydrogen-bond donors (Lipinski definition) is 2. The third-order valence-electron chi connectivity index (χ3n) is 7.76. The SMILES string of the molecule is CC(C)(c1ccc(N=Cc2c(O)ccc3ccccc23)cc1)c1ccc(N=Cc2c(O)ccc3ccccc23)cc1.[Zn]. The fourth-order valence-corrected chi connectivity index (χ4v) is 5.21. The summed E-state index contributed by atoms with van der Waals surface area (Å²) in [4.78, 5) is 9.29. The summed E-state index contributed by atoms with van der Waals surface area (Å²) in [5.41, 5.74) is 5.17. The molecule has 0 heterocycles. The number of benzene rings is 6. The van der Waals surface area contributed by atoms with Crippen molar-refractivity contribution in [2.24, 2.45) is 9.98 Å². The number of aliphatic imine (C=N–C) groups is 2. The topological polar surface area (TPSA) is 65.2 Å². The van der Waals surface area contributed by atoms with E-state index in [1.807, 2.05) is 84.9 Å². The molecule has 6 aromatic carbocycles.